The van der Waals surface area contributed by atoms with E-state index in [2.05, 4.69) is 15.7 Å². The molecule has 2 heterocycles. The summed E-state index contributed by atoms with van der Waals surface area (Å²) in [6, 6.07) is 2.44. The van der Waals surface area contributed by atoms with Crippen molar-refractivity contribution >= 4 is 5.82 Å². The molecule has 84 valence electrons. The van der Waals surface area contributed by atoms with Crippen LogP contribution in [0.3, 0.4) is 0 Å². The van der Waals surface area contributed by atoms with Gasteiger partial charge in [-0.3, -0.25) is 4.68 Å². The Hall–Kier alpha value is -1.07. The molecule has 0 aromatic carbocycles. The second kappa shape index (κ2) is 4.63. The van der Waals surface area contributed by atoms with Crippen LogP contribution >= 0.6 is 0 Å². The van der Waals surface area contributed by atoms with Gasteiger partial charge < -0.3 is 15.4 Å². The fourth-order valence-corrected chi connectivity index (χ4v) is 1.75. The van der Waals surface area contributed by atoms with Crippen LogP contribution in [0.25, 0.3) is 0 Å². The maximum Gasteiger partial charge on any atom is 0.124 e. The second-order valence-corrected chi connectivity index (χ2v) is 3.90. The molecule has 0 bridgehead atoms. The van der Waals surface area contributed by atoms with E-state index in [-0.39, 0.29) is 0 Å². The van der Waals surface area contributed by atoms with Crippen molar-refractivity contribution in [2.24, 2.45) is 7.05 Å². The molecule has 1 aromatic heterocycles. The van der Waals surface area contributed by atoms with E-state index in [1.807, 2.05) is 24.7 Å². The Kier molecular flexibility index (Phi) is 3.23. The highest BCUT2D eigenvalue weighted by molar-refractivity contribution is 5.36. The first kappa shape index (κ1) is 10.4. The lowest BCUT2D eigenvalue weighted by Crippen LogP contribution is -2.45. The first-order valence-corrected chi connectivity index (χ1v) is 5.31. The van der Waals surface area contributed by atoms with Gasteiger partial charge in [0.05, 0.1) is 18.9 Å². The molecule has 0 saturated carbocycles. The average Bonchev–Trinajstić information content (AvgIpc) is 2.56. The molecule has 1 fully saturated rings. The summed E-state index contributed by atoms with van der Waals surface area (Å²) in [5, 5.41) is 11.0. The summed E-state index contributed by atoms with van der Waals surface area (Å²) in [5.74, 6) is 1.06. The highest BCUT2D eigenvalue weighted by atomic mass is 16.5. The van der Waals surface area contributed by atoms with E-state index >= 15 is 0 Å². The van der Waals surface area contributed by atoms with Crippen LogP contribution < -0.4 is 10.6 Å². The number of ether oxygens (including phenoxy) is 1. The van der Waals surface area contributed by atoms with E-state index in [4.69, 9.17) is 4.74 Å². The van der Waals surface area contributed by atoms with E-state index in [9.17, 15) is 0 Å². The summed E-state index contributed by atoms with van der Waals surface area (Å²) in [6.45, 7) is 5.41. The number of morpholine rings is 1. The first-order valence-electron chi connectivity index (χ1n) is 5.31. The summed E-state index contributed by atoms with van der Waals surface area (Å²) < 4.78 is 7.24. The van der Waals surface area contributed by atoms with Crippen LogP contribution in [0.4, 0.5) is 5.82 Å². The van der Waals surface area contributed by atoms with Gasteiger partial charge in [0.25, 0.3) is 0 Å². The van der Waals surface area contributed by atoms with Gasteiger partial charge in [-0.05, 0) is 6.92 Å². The molecule has 15 heavy (non-hydrogen) atoms. The lowest BCUT2D eigenvalue weighted by Gasteiger charge is -2.24. The molecule has 1 aromatic rings. The first-order chi connectivity index (χ1) is 7.25. The Bertz CT molecular complexity index is 317. The monoisotopic (exact) mass is 210 g/mol. The quantitative estimate of drug-likeness (QED) is 0.744. The number of anilines is 1. The zero-order valence-electron chi connectivity index (χ0n) is 9.29. The molecule has 1 aliphatic heterocycles. The lowest BCUT2D eigenvalue weighted by atomic mass is 10.3. The molecule has 2 rings (SSSR count). The zero-order valence-corrected chi connectivity index (χ0v) is 9.29. The van der Waals surface area contributed by atoms with Crippen LogP contribution in [-0.2, 0) is 11.8 Å². The minimum atomic E-state index is 0.397. The highest BCUT2D eigenvalue weighted by Gasteiger charge is 2.12. The molecule has 1 atom stereocenters. The molecular formula is C10H18N4O. The van der Waals surface area contributed by atoms with Gasteiger partial charge in [-0.2, -0.15) is 5.10 Å². The van der Waals surface area contributed by atoms with Crippen molar-refractivity contribution in [1.29, 1.82) is 0 Å². The van der Waals surface area contributed by atoms with Crippen molar-refractivity contribution in [2.45, 2.75) is 13.0 Å². The number of hydrogen-bond donors (Lipinski definition) is 2. The molecule has 0 aliphatic carbocycles. The van der Waals surface area contributed by atoms with E-state index in [1.54, 1.807) is 0 Å². The maximum absolute atomic E-state index is 5.38. The lowest BCUT2D eigenvalue weighted by molar-refractivity contribution is 0.0806. The van der Waals surface area contributed by atoms with E-state index < -0.39 is 0 Å². The summed E-state index contributed by atoms with van der Waals surface area (Å²) in [5.41, 5.74) is 1.04. The summed E-state index contributed by atoms with van der Waals surface area (Å²) in [4.78, 5) is 0. The van der Waals surface area contributed by atoms with Gasteiger partial charge in [0, 0.05) is 32.2 Å². The Labute approximate surface area is 89.8 Å². The third-order valence-electron chi connectivity index (χ3n) is 2.53. The van der Waals surface area contributed by atoms with E-state index in [0.29, 0.717) is 6.04 Å². The maximum atomic E-state index is 5.38. The molecule has 5 heteroatoms. The molecule has 0 radical (unpaired) electrons. The van der Waals surface area contributed by atoms with E-state index in [1.165, 1.54) is 0 Å². The van der Waals surface area contributed by atoms with Gasteiger partial charge >= 0.3 is 0 Å². The Morgan fingerprint density at radius 1 is 1.73 bits per heavy atom. The van der Waals surface area contributed by atoms with Crippen molar-refractivity contribution < 1.29 is 4.74 Å². The zero-order chi connectivity index (χ0) is 10.7. The van der Waals surface area contributed by atoms with Gasteiger partial charge in [-0.25, -0.2) is 0 Å². The van der Waals surface area contributed by atoms with Crippen LogP contribution in [0.5, 0.6) is 0 Å². The molecule has 0 spiro atoms. The van der Waals surface area contributed by atoms with Gasteiger partial charge in [0.15, 0.2) is 0 Å². The van der Waals surface area contributed by atoms with Crippen molar-refractivity contribution in [3.05, 3.63) is 11.8 Å². The molecule has 5 nitrogen and oxygen atoms in total. The predicted octanol–water partition coefficient (Wildman–Crippen LogP) is 0.129. The van der Waals surface area contributed by atoms with Crippen molar-refractivity contribution in [2.75, 3.05) is 31.6 Å². The number of rotatable bonds is 3. The van der Waals surface area contributed by atoms with Gasteiger partial charge in [-0.1, -0.05) is 0 Å². The summed E-state index contributed by atoms with van der Waals surface area (Å²) >= 11 is 0. The normalized spacial score (nSPS) is 21.6. The minimum Gasteiger partial charge on any atom is -0.378 e. The van der Waals surface area contributed by atoms with Crippen LogP contribution in [0, 0.1) is 6.92 Å². The molecular weight excluding hydrogens is 192 g/mol. The Morgan fingerprint density at radius 2 is 2.60 bits per heavy atom. The van der Waals surface area contributed by atoms with Crippen molar-refractivity contribution in [3.8, 4) is 0 Å². The van der Waals surface area contributed by atoms with Crippen molar-refractivity contribution in [1.82, 2.24) is 15.1 Å². The molecule has 1 aliphatic rings. The van der Waals surface area contributed by atoms with Gasteiger partial charge in [0.2, 0.25) is 0 Å². The molecule has 1 unspecified atom stereocenters. The predicted molar refractivity (Wildman–Crippen MR) is 59.0 cm³/mol. The fraction of sp³-hybridized carbons (Fsp3) is 0.700. The highest BCUT2D eigenvalue weighted by Crippen LogP contribution is 2.07. The number of nitrogens with zero attached hydrogens (tertiary/aromatic N) is 2. The third-order valence-corrected chi connectivity index (χ3v) is 2.53. The summed E-state index contributed by atoms with van der Waals surface area (Å²) in [7, 11) is 1.94. The van der Waals surface area contributed by atoms with Crippen LogP contribution in [-0.4, -0.2) is 42.1 Å². The fourth-order valence-electron chi connectivity index (χ4n) is 1.75. The minimum absolute atomic E-state index is 0.397. The molecule has 2 N–H and O–H groups in total. The number of aryl methyl sites for hydroxylation is 2. The van der Waals surface area contributed by atoms with Crippen LogP contribution in [0.15, 0.2) is 6.07 Å². The Balaban J connectivity index is 1.84. The molecule has 1 saturated heterocycles. The number of aromatic nitrogens is 2. The number of nitrogens with one attached hydrogen (secondary N) is 2. The largest absolute Gasteiger partial charge is 0.378 e. The average molecular weight is 210 g/mol. The smallest absolute Gasteiger partial charge is 0.124 e. The Morgan fingerprint density at radius 3 is 3.20 bits per heavy atom. The summed E-state index contributed by atoms with van der Waals surface area (Å²) in [6.07, 6.45) is 0. The van der Waals surface area contributed by atoms with Crippen LogP contribution in [0.1, 0.15) is 5.69 Å². The number of hydrogen-bond acceptors (Lipinski definition) is 4. The van der Waals surface area contributed by atoms with Gasteiger partial charge in [-0.15, -0.1) is 0 Å². The van der Waals surface area contributed by atoms with Gasteiger partial charge in [0.1, 0.15) is 5.82 Å². The van der Waals surface area contributed by atoms with Crippen LogP contribution in [0.2, 0.25) is 0 Å². The standard InChI is InChI=1S/C10H18N4O/c1-8-5-10(14(2)13-8)12-6-9-7-15-4-3-11-9/h5,9,11-12H,3-4,6-7H2,1-2H3. The topological polar surface area (TPSA) is 51.1 Å². The second-order valence-electron chi connectivity index (χ2n) is 3.90. The van der Waals surface area contributed by atoms with Crippen molar-refractivity contribution in [3.63, 3.8) is 0 Å². The molecule has 0 amide bonds. The SMILES string of the molecule is Cc1cc(NCC2COCCN2)n(C)n1. The van der Waals surface area contributed by atoms with E-state index in [0.717, 1.165) is 37.8 Å². The third kappa shape index (κ3) is 2.70.